The summed E-state index contributed by atoms with van der Waals surface area (Å²) in [4.78, 5) is 33.2. The summed E-state index contributed by atoms with van der Waals surface area (Å²) in [5, 5.41) is 1.77. The lowest BCUT2D eigenvalue weighted by molar-refractivity contribution is 0.00606. The van der Waals surface area contributed by atoms with Crippen LogP contribution in [0.15, 0.2) is 30.3 Å². The van der Waals surface area contributed by atoms with Crippen LogP contribution in [0.4, 0.5) is 4.79 Å². The van der Waals surface area contributed by atoms with Crippen LogP contribution in [0.3, 0.4) is 0 Å². The number of pyridine rings is 1. The third-order valence-electron chi connectivity index (χ3n) is 4.66. The summed E-state index contributed by atoms with van der Waals surface area (Å²) in [6.07, 6.45) is -0.350. The molecule has 0 radical (unpaired) electrons. The normalized spacial score (nSPS) is 17.5. The van der Waals surface area contributed by atoms with Crippen LogP contribution >= 0.6 is 0 Å². The van der Waals surface area contributed by atoms with Crippen LogP contribution in [0.25, 0.3) is 10.8 Å². The van der Waals surface area contributed by atoms with Gasteiger partial charge in [0, 0.05) is 31.1 Å². The van der Waals surface area contributed by atoms with Crippen molar-refractivity contribution in [2.75, 3.05) is 26.7 Å². The molecule has 1 aromatic heterocycles. The molecule has 0 N–H and O–H groups in total. The van der Waals surface area contributed by atoms with Crippen molar-refractivity contribution in [1.82, 2.24) is 14.8 Å². The first-order chi connectivity index (χ1) is 13.2. The van der Waals surface area contributed by atoms with Crippen LogP contribution in [0.2, 0.25) is 0 Å². The van der Waals surface area contributed by atoms with Crippen molar-refractivity contribution in [3.63, 3.8) is 0 Å². The maximum atomic E-state index is 13.1. The first-order valence-electron chi connectivity index (χ1n) is 9.42. The summed E-state index contributed by atoms with van der Waals surface area (Å²) in [6, 6.07) is 9.31. The van der Waals surface area contributed by atoms with Crippen molar-refractivity contribution in [3.05, 3.63) is 36.0 Å². The molecular formula is C21H27N3O4. The van der Waals surface area contributed by atoms with E-state index in [1.165, 1.54) is 0 Å². The van der Waals surface area contributed by atoms with Gasteiger partial charge in [-0.3, -0.25) is 4.79 Å². The zero-order valence-electron chi connectivity index (χ0n) is 17.1. The number of carbonyl (C=O) groups is 2. The lowest BCUT2D eigenvalue weighted by Gasteiger charge is -2.40. The number of hydrogen-bond acceptors (Lipinski definition) is 5. The van der Waals surface area contributed by atoms with Gasteiger partial charge in [-0.05, 0) is 45.2 Å². The van der Waals surface area contributed by atoms with Gasteiger partial charge < -0.3 is 19.3 Å². The van der Waals surface area contributed by atoms with Crippen LogP contribution in [0.5, 0.6) is 5.88 Å². The highest BCUT2D eigenvalue weighted by Crippen LogP contribution is 2.25. The van der Waals surface area contributed by atoms with Gasteiger partial charge in [0.15, 0.2) is 0 Å². The highest BCUT2D eigenvalue weighted by molar-refractivity contribution is 5.98. The van der Waals surface area contributed by atoms with E-state index in [4.69, 9.17) is 9.47 Å². The lowest BCUT2D eigenvalue weighted by Crippen LogP contribution is -2.56. The number of carbonyl (C=O) groups excluding carboxylic acids is 2. The van der Waals surface area contributed by atoms with E-state index in [0.29, 0.717) is 31.2 Å². The average Bonchev–Trinajstić information content (AvgIpc) is 2.65. The van der Waals surface area contributed by atoms with Gasteiger partial charge in [-0.2, -0.15) is 0 Å². The third kappa shape index (κ3) is 4.18. The molecule has 3 rings (SSSR count). The Balaban J connectivity index is 1.77. The summed E-state index contributed by atoms with van der Waals surface area (Å²) < 4.78 is 10.8. The molecule has 0 spiro atoms. The van der Waals surface area contributed by atoms with E-state index in [1.807, 2.05) is 52.0 Å². The van der Waals surface area contributed by atoms with Gasteiger partial charge in [0.05, 0.1) is 7.11 Å². The lowest BCUT2D eigenvalue weighted by atomic mass is 10.1. The molecule has 1 saturated heterocycles. The molecule has 1 aromatic carbocycles. The largest absolute Gasteiger partial charge is 0.481 e. The Labute approximate surface area is 165 Å². The number of piperazine rings is 1. The van der Waals surface area contributed by atoms with Gasteiger partial charge in [-0.15, -0.1) is 0 Å². The average molecular weight is 385 g/mol. The predicted molar refractivity (Wildman–Crippen MR) is 107 cm³/mol. The maximum absolute atomic E-state index is 13.1. The molecule has 2 aromatic rings. The molecule has 1 aliphatic heterocycles. The Hall–Kier alpha value is -2.83. The van der Waals surface area contributed by atoms with Gasteiger partial charge >= 0.3 is 6.09 Å². The number of ether oxygens (including phenoxy) is 2. The summed E-state index contributed by atoms with van der Waals surface area (Å²) in [5.74, 6) is 0.266. The molecule has 0 aliphatic carbocycles. The van der Waals surface area contributed by atoms with Gasteiger partial charge in [0.25, 0.3) is 5.91 Å². The number of aromatic nitrogens is 1. The minimum absolute atomic E-state index is 0.145. The number of amides is 2. The van der Waals surface area contributed by atoms with Crippen LogP contribution in [-0.4, -0.2) is 65.2 Å². The monoisotopic (exact) mass is 385 g/mol. The first kappa shape index (κ1) is 19.9. The van der Waals surface area contributed by atoms with E-state index in [-0.39, 0.29) is 18.0 Å². The number of methoxy groups -OCH3 is 1. The fourth-order valence-electron chi connectivity index (χ4n) is 3.33. The molecule has 1 aliphatic rings. The summed E-state index contributed by atoms with van der Waals surface area (Å²) in [5.41, 5.74) is -0.202. The van der Waals surface area contributed by atoms with Crippen LogP contribution in [0.1, 0.15) is 38.2 Å². The molecule has 7 heteroatoms. The van der Waals surface area contributed by atoms with Crippen LogP contribution in [-0.2, 0) is 4.74 Å². The molecule has 2 amide bonds. The van der Waals surface area contributed by atoms with Gasteiger partial charge in [0.1, 0.15) is 11.3 Å². The number of fused-ring (bicyclic) bond motifs is 1. The van der Waals surface area contributed by atoms with Crippen molar-refractivity contribution in [1.29, 1.82) is 0 Å². The quantitative estimate of drug-likeness (QED) is 0.793. The van der Waals surface area contributed by atoms with Crippen molar-refractivity contribution >= 4 is 22.8 Å². The Morgan fingerprint density at radius 2 is 1.89 bits per heavy atom. The van der Waals surface area contributed by atoms with E-state index >= 15 is 0 Å². The highest BCUT2D eigenvalue weighted by Gasteiger charge is 2.33. The van der Waals surface area contributed by atoms with E-state index < -0.39 is 5.60 Å². The zero-order valence-corrected chi connectivity index (χ0v) is 17.1. The van der Waals surface area contributed by atoms with Crippen molar-refractivity contribution in [3.8, 4) is 5.88 Å². The summed E-state index contributed by atoms with van der Waals surface area (Å²) in [6.45, 7) is 8.72. The Bertz CT molecular complexity index is 891. The van der Waals surface area contributed by atoms with Gasteiger partial charge in [-0.1, -0.05) is 18.2 Å². The topological polar surface area (TPSA) is 72.0 Å². The molecule has 1 atom stereocenters. The zero-order chi connectivity index (χ0) is 20.5. The molecule has 2 heterocycles. The van der Waals surface area contributed by atoms with Gasteiger partial charge in [-0.25, -0.2) is 9.78 Å². The number of hydrogen-bond donors (Lipinski definition) is 0. The number of benzene rings is 1. The van der Waals surface area contributed by atoms with E-state index in [9.17, 15) is 9.59 Å². The van der Waals surface area contributed by atoms with Gasteiger partial charge in [0.2, 0.25) is 5.88 Å². The van der Waals surface area contributed by atoms with E-state index in [2.05, 4.69) is 4.98 Å². The summed E-state index contributed by atoms with van der Waals surface area (Å²) >= 11 is 0. The standard InChI is InChI=1S/C21H27N3O4/c1-14-13-23(20(26)28-21(2,3)4)10-11-24(14)19(25)17-12-15-8-6-7-9-16(15)18(22-17)27-5/h6-9,12,14H,10-11,13H2,1-5H3/t14-/m1/s1. The van der Waals surface area contributed by atoms with E-state index in [0.717, 1.165) is 10.8 Å². The minimum Gasteiger partial charge on any atom is -0.481 e. The smallest absolute Gasteiger partial charge is 0.410 e. The number of rotatable bonds is 2. The van der Waals surface area contributed by atoms with E-state index in [1.54, 1.807) is 23.0 Å². The summed E-state index contributed by atoms with van der Waals surface area (Å²) in [7, 11) is 1.55. The third-order valence-corrected chi connectivity index (χ3v) is 4.66. The Morgan fingerprint density at radius 1 is 1.18 bits per heavy atom. The van der Waals surface area contributed by atoms with Crippen molar-refractivity contribution in [2.24, 2.45) is 0 Å². The second kappa shape index (κ2) is 7.66. The second-order valence-corrected chi connectivity index (χ2v) is 8.01. The predicted octanol–water partition coefficient (Wildman–Crippen LogP) is 3.32. The fraction of sp³-hybridized carbons (Fsp3) is 0.476. The van der Waals surface area contributed by atoms with Crippen molar-refractivity contribution < 1.29 is 19.1 Å². The molecule has 0 bridgehead atoms. The fourth-order valence-corrected chi connectivity index (χ4v) is 3.33. The Kier molecular flexibility index (Phi) is 5.45. The molecule has 1 fully saturated rings. The second-order valence-electron chi connectivity index (χ2n) is 8.01. The Morgan fingerprint density at radius 3 is 2.54 bits per heavy atom. The highest BCUT2D eigenvalue weighted by atomic mass is 16.6. The van der Waals surface area contributed by atoms with Crippen molar-refractivity contribution in [2.45, 2.75) is 39.3 Å². The molecule has 0 saturated carbocycles. The maximum Gasteiger partial charge on any atom is 0.410 e. The molecule has 150 valence electrons. The minimum atomic E-state index is -0.543. The van der Waals surface area contributed by atoms with Crippen LogP contribution < -0.4 is 4.74 Å². The SMILES string of the molecule is COc1nc(C(=O)N2CCN(C(=O)OC(C)(C)C)C[C@H]2C)cc2ccccc12. The molecule has 0 unspecified atom stereocenters. The first-order valence-corrected chi connectivity index (χ1v) is 9.42. The molecule has 7 nitrogen and oxygen atoms in total. The van der Waals surface area contributed by atoms with Crippen LogP contribution in [0, 0.1) is 0 Å². The molecular weight excluding hydrogens is 358 g/mol. The number of nitrogens with zero attached hydrogens (tertiary/aromatic N) is 3. The molecule has 28 heavy (non-hydrogen) atoms.